The van der Waals surface area contributed by atoms with Gasteiger partial charge in [0.15, 0.2) is 11.5 Å². The van der Waals surface area contributed by atoms with Crippen molar-refractivity contribution >= 4 is 11.6 Å². The first-order chi connectivity index (χ1) is 9.65. The van der Waals surface area contributed by atoms with Gasteiger partial charge < -0.3 is 19.9 Å². The zero-order valence-corrected chi connectivity index (χ0v) is 12.7. The van der Waals surface area contributed by atoms with E-state index in [0.717, 1.165) is 31.4 Å². The molecule has 0 spiro atoms. The number of aliphatic hydroxyl groups is 1. The van der Waals surface area contributed by atoms with Crippen molar-refractivity contribution in [3.63, 3.8) is 0 Å². The van der Waals surface area contributed by atoms with Gasteiger partial charge in [0.25, 0.3) is 0 Å². The fourth-order valence-corrected chi connectivity index (χ4v) is 2.73. The molecule has 1 aliphatic carbocycles. The molecule has 2 unspecified atom stereocenters. The van der Waals surface area contributed by atoms with Crippen molar-refractivity contribution in [3.8, 4) is 11.5 Å². The van der Waals surface area contributed by atoms with Crippen LogP contribution in [0.2, 0.25) is 5.02 Å². The molecule has 0 bridgehead atoms. The van der Waals surface area contributed by atoms with Crippen LogP contribution in [-0.4, -0.2) is 31.0 Å². The highest BCUT2D eigenvalue weighted by atomic mass is 35.5. The van der Waals surface area contributed by atoms with Crippen LogP contribution in [0.1, 0.15) is 31.7 Å². The van der Waals surface area contributed by atoms with E-state index in [9.17, 15) is 5.11 Å². The fourth-order valence-electron chi connectivity index (χ4n) is 2.49. The Morgan fingerprint density at radius 3 is 2.80 bits per heavy atom. The van der Waals surface area contributed by atoms with E-state index >= 15 is 0 Å². The summed E-state index contributed by atoms with van der Waals surface area (Å²) in [6.45, 7) is 3.56. The van der Waals surface area contributed by atoms with Gasteiger partial charge in [0.05, 0.1) is 13.2 Å². The Morgan fingerprint density at radius 1 is 1.40 bits per heavy atom. The summed E-state index contributed by atoms with van der Waals surface area (Å²) < 4.78 is 11.4. The van der Waals surface area contributed by atoms with Gasteiger partial charge >= 0.3 is 0 Å². The summed E-state index contributed by atoms with van der Waals surface area (Å²) in [5.74, 6) is 1.30. The Bertz CT molecular complexity index is 453. The highest BCUT2D eigenvalue weighted by Crippen LogP contribution is 2.37. The number of ether oxygens (including phenoxy) is 2. The highest BCUT2D eigenvalue weighted by molar-refractivity contribution is 6.30. The quantitative estimate of drug-likeness (QED) is 0.848. The molecule has 2 atom stereocenters. The van der Waals surface area contributed by atoms with Crippen LogP contribution in [0.15, 0.2) is 12.1 Å². The predicted molar refractivity (Wildman–Crippen MR) is 79.7 cm³/mol. The first-order valence-electron chi connectivity index (χ1n) is 7.07. The standard InChI is InChI=1S/C15H22ClNO3/c1-3-17-9-10-7-11(16)8-14(19-2)15(10)20-13-6-4-5-12(13)18/h7-8,12-13,17-18H,3-6,9H2,1-2H3. The summed E-state index contributed by atoms with van der Waals surface area (Å²) >= 11 is 6.11. The lowest BCUT2D eigenvalue weighted by Crippen LogP contribution is -2.26. The monoisotopic (exact) mass is 299 g/mol. The third-order valence-corrected chi connectivity index (χ3v) is 3.79. The smallest absolute Gasteiger partial charge is 0.166 e. The number of nitrogens with one attached hydrogen (secondary N) is 1. The molecule has 1 aromatic carbocycles. The number of hydrogen-bond acceptors (Lipinski definition) is 4. The maximum Gasteiger partial charge on any atom is 0.166 e. The molecule has 0 amide bonds. The number of halogens is 1. The zero-order chi connectivity index (χ0) is 14.5. The molecule has 0 aromatic heterocycles. The highest BCUT2D eigenvalue weighted by Gasteiger charge is 2.28. The minimum Gasteiger partial charge on any atom is -0.493 e. The molecule has 1 saturated carbocycles. The van der Waals surface area contributed by atoms with Crippen molar-refractivity contribution in [1.29, 1.82) is 0 Å². The summed E-state index contributed by atoms with van der Waals surface area (Å²) in [6.07, 6.45) is 2.09. The van der Waals surface area contributed by atoms with E-state index in [1.807, 2.05) is 13.0 Å². The third-order valence-electron chi connectivity index (χ3n) is 3.57. The van der Waals surface area contributed by atoms with Gasteiger partial charge in [0, 0.05) is 23.2 Å². The lowest BCUT2D eigenvalue weighted by atomic mass is 10.1. The zero-order valence-electron chi connectivity index (χ0n) is 12.0. The van der Waals surface area contributed by atoms with Gasteiger partial charge in [-0.2, -0.15) is 0 Å². The largest absolute Gasteiger partial charge is 0.493 e. The molecule has 0 radical (unpaired) electrons. The fraction of sp³-hybridized carbons (Fsp3) is 0.600. The van der Waals surface area contributed by atoms with Crippen LogP contribution in [0.3, 0.4) is 0 Å². The molecule has 0 saturated heterocycles. The van der Waals surface area contributed by atoms with Crippen molar-refractivity contribution in [2.45, 2.75) is 44.9 Å². The second-order valence-corrected chi connectivity index (χ2v) is 5.47. The molecule has 1 fully saturated rings. The normalized spacial score (nSPS) is 22.0. The number of rotatable bonds is 6. The van der Waals surface area contributed by atoms with Crippen LogP contribution in [0, 0.1) is 0 Å². The molecule has 112 valence electrons. The number of benzene rings is 1. The van der Waals surface area contributed by atoms with E-state index in [2.05, 4.69) is 5.32 Å². The molecule has 20 heavy (non-hydrogen) atoms. The van der Waals surface area contributed by atoms with Crippen molar-refractivity contribution < 1.29 is 14.6 Å². The number of hydrogen-bond donors (Lipinski definition) is 2. The number of aliphatic hydroxyl groups excluding tert-OH is 1. The van der Waals surface area contributed by atoms with E-state index in [1.54, 1.807) is 13.2 Å². The van der Waals surface area contributed by atoms with Crippen LogP contribution in [-0.2, 0) is 6.54 Å². The van der Waals surface area contributed by atoms with E-state index in [4.69, 9.17) is 21.1 Å². The first kappa shape index (κ1) is 15.4. The average Bonchev–Trinajstić information content (AvgIpc) is 2.84. The van der Waals surface area contributed by atoms with Crippen molar-refractivity contribution in [3.05, 3.63) is 22.7 Å². The molecule has 1 aromatic rings. The Morgan fingerprint density at radius 2 is 2.20 bits per heavy atom. The summed E-state index contributed by atoms with van der Waals surface area (Å²) in [7, 11) is 1.60. The van der Waals surface area contributed by atoms with Gasteiger partial charge in [-0.3, -0.25) is 0 Å². The topological polar surface area (TPSA) is 50.7 Å². The molecule has 0 heterocycles. The molecular formula is C15H22ClNO3. The number of methoxy groups -OCH3 is 1. The molecule has 2 rings (SSSR count). The van der Waals surface area contributed by atoms with Gasteiger partial charge in [-0.25, -0.2) is 0 Å². The van der Waals surface area contributed by atoms with Gasteiger partial charge in [-0.1, -0.05) is 18.5 Å². The van der Waals surface area contributed by atoms with Gasteiger partial charge in [0.2, 0.25) is 0 Å². The Hall–Kier alpha value is -0.970. The molecule has 4 nitrogen and oxygen atoms in total. The molecule has 2 N–H and O–H groups in total. The van der Waals surface area contributed by atoms with Gasteiger partial charge in [-0.05, 0) is 31.9 Å². The summed E-state index contributed by atoms with van der Waals surface area (Å²) in [5.41, 5.74) is 0.954. The SMILES string of the molecule is CCNCc1cc(Cl)cc(OC)c1OC1CCCC1O. The molecule has 0 aliphatic heterocycles. The van der Waals surface area contributed by atoms with Crippen molar-refractivity contribution in [1.82, 2.24) is 5.32 Å². The van der Waals surface area contributed by atoms with E-state index in [1.165, 1.54) is 0 Å². The Labute approximate surface area is 125 Å². The minimum atomic E-state index is -0.401. The Kier molecular flexibility index (Phi) is 5.52. The van der Waals surface area contributed by atoms with E-state index < -0.39 is 6.10 Å². The van der Waals surface area contributed by atoms with Crippen LogP contribution in [0.5, 0.6) is 11.5 Å². The Balaban J connectivity index is 2.26. The van der Waals surface area contributed by atoms with Crippen LogP contribution in [0.4, 0.5) is 0 Å². The second-order valence-electron chi connectivity index (χ2n) is 5.03. The van der Waals surface area contributed by atoms with Crippen LogP contribution >= 0.6 is 11.6 Å². The van der Waals surface area contributed by atoms with Gasteiger partial charge in [0.1, 0.15) is 6.10 Å². The van der Waals surface area contributed by atoms with Crippen LogP contribution in [0.25, 0.3) is 0 Å². The molecule has 1 aliphatic rings. The maximum atomic E-state index is 9.93. The maximum absolute atomic E-state index is 9.93. The lowest BCUT2D eigenvalue weighted by Gasteiger charge is -2.22. The van der Waals surface area contributed by atoms with Crippen molar-refractivity contribution in [2.75, 3.05) is 13.7 Å². The van der Waals surface area contributed by atoms with Gasteiger partial charge in [-0.15, -0.1) is 0 Å². The van der Waals surface area contributed by atoms with Crippen LogP contribution < -0.4 is 14.8 Å². The third kappa shape index (κ3) is 3.57. The van der Waals surface area contributed by atoms with E-state index in [-0.39, 0.29) is 6.10 Å². The van der Waals surface area contributed by atoms with E-state index in [0.29, 0.717) is 23.1 Å². The summed E-state index contributed by atoms with van der Waals surface area (Å²) in [5, 5.41) is 13.8. The summed E-state index contributed by atoms with van der Waals surface area (Å²) in [4.78, 5) is 0. The molecular weight excluding hydrogens is 278 g/mol. The first-order valence-corrected chi connectivity index (χ1v) is 7.45. The second kappa shape index (κ2) is 7.16. The average molecular weight is 300 g/mol. The summed E-state index contributed by atoms with van der Waals surface area (Å²) in [6, 6.07) is 3.62. The molecule has 5 heteroatoms. The van der Waals surface area contributed by atoms with Crippen molar-refractivity contribution in [2.24, 2.45) is 0 Å². The lowest BCUT2D eigenvalue weighted by molar-refractivity contribution is 0.0579. The minimum absolute atomic E-state index is 0.162. The predicted octanol–water partition coefficient (Wildman–Crippen LogP) is 2.75.